The van der Waals surface area contributed by atoms with Crippen molar-refractivity contribution in [2.75, 3.05) is 19.4 Å². The number of rotatable bonds is 7. The number of nitrogens with zero attached hydrogens (tertiary/aromatic N) is 2. The van der Waals surface area contributed by atoms with Crippen molar-refractivity contribution in [2.45, 2.75) is 25.9 Å². The molecule has 0 bridgehead atoms. The van der Waals surface area contributed by atoms with Gasteiger partial charge < -0.3 is 10.1 Å². The summed E-state index contributed by atoms with van der Waals surface area (Å²) in [5.74, 6) is 0.107. The van der Waals surface area contributed by atoms with Crippen molar-refractivity contribution in [3.05, 3.63) is 57.3 Å². The second-order valence-electron chi connectivity index (χ2n) is 7.81. The molecule has 0 unspecified atom stereocenters. The molecule has 0 aliphatic carbocycles. The van der Waals surface area contributed by atoms with Gasteiger partial charge in [-0.1, -0.05) is 43.3 Å². The molecule has 3 aromatic rings. The van der Waals surface area contributed by atoms with E-state index in [9.17, 15) is 14.4 Å². The summed E-state index contributed by atoms with van der Waals surface area (Å²) in [6.07, 6.45) is 0. The second-order valence-corrected chi connectivity index (χ2v) is 9.19. The van der Waals surface area contributed by atoms with Crippen LogP contribution in [0.3, 0.4) is 0 Å². The molecular formula is C23H25ClN4O4S. The minimum atomic E-state index is -0.565. The zero-order chi connectivity index (χ0) is 24.1. The van der Waals surface area contributed by atoms with Crippen LogP contribution in [0, 0.1) is 12.8 Å². The van der Waals surface area contributed by atoms with E-state index < -0.39 is 11.9 Å². The van der Waals surface area contributed by atoms with E-state index in [2.05, 4.69) is 15.6 Å². The maximum Gasteiger partial charge on any atom is 0.321 e. The minimum Gasteiger partial charge on any atom is -0.495 e. The van der Waals surface area contributed by atoms with Crippen LogP contribution in [-0.2, 0) is 4.79 Å². The molecule has 0 atom stereocenters. The van der Waals surface area contributed by atoms with Crippen LogP contribution in [0.1, 0.15) is 19.4 Å². The number of benzene rings is 2. The quantitative estimate of drug-likeness (QED) is 0.386. The average Bonchev–Trinajstić information content (AvgIpc) is 2.76. The number of imide groups is 1. The van der Waals surface area contributed by atoms with Crippen molar-refractivity contribution in [3.8, 4) is 11.4 Å². The average molecular weight is 489 g/mol. The standard InChI is InChI=1S/C23H25ClN4O4S/c1-13(2)11-25-22(31)27-20(29)12-33-23-26-17-10-15(24)6-7-16(17)21(30)28(23)18-9-14(3)5-8-19(18)32-4/h5-10,13H,11-12H2,1-4H3,(H2,25,27,29,31). The zero-order valence-corrected chi connectivity index (χ0v) is 20.3. The first-order chi connectivity index (χ1) is 15.7. The van der Waals surface area contributed by atoms with Crippen LogP contribution in [0.5, 0.6) is 5.75 Å². The summed E-state index contributed by atoms with van der Waals surface area (Å²) < 4.78 is 6.89. The number of amides is 3. The molecule has 0 saturated carbocycles. The Balaban J connectivity index is 1.99. The van der Waals surface area contributed by atoms with Gasteiger partial charge in [0.1, 0.15) is 5.75 Å². The molecular weight excluding hydrogens is 464 g/mol. The van der Waals surface area contributed by atoms with Gasteiger partial charge in [0.15, 0.2) is 5.16 Å². The van der Waals surface area contributed by atoms with Gasteiger partial charge >= 0.3 is 6.03 Å². The molecule has 3 amide bonds. The van der Waals surface area contributed by atoms with Crippen LogP contribution in [0.4, 0.5) is 4.79 Å². The lowest BCUT2D eigenvalue weighted by Crippen LogP contribution is -2.41. The maximum absolute atomic E-state index is 13.5. The molecule has 0 radical (unpaired) electrons. The Morgan fingerprint density at radius 1 is 1.21 bits per heavy atom. The van der Waals surface area contributed by atoms with Crippen molar-refractivity contribution in [2.24, 2.45) is 5.92 Å². The van der Waals surface area contributed by atoms with Gasteiger partial charge in [-0.05, 0) is 48.7 Å². The summed E-state index contributed by atoms with van der Waals surface area (Å²) >= 11 is 7.14. The summed E-state index contributed by atoms with van der Waals surface area (Å²) in [7, 11) is 1.52. The maximum atomic E-state index is 13.5. The first kappa shape index (κ1) is 24.6. The van der Waals surface area contributed by atoms with Crippen molar-refractivity contribution in [1.82, 2.24) is 20.2 Å². The lowest BCUT2D eigenvalue weighted by molar-refractivity contribution is -0.117. The second kappa shape index (κ2) is 10.7. The van der Waals surface area contributed by atoms with E-state index in [1.54, 1.807) is 24.3 Å². The van der Waals surface area contributed by atoms with Crippen LogP contribution in [0.15, 0.2) is 46.3 Å². The Morgan fingerprint density at radius 3 is 2.67 bits per heavy atom. The monoisotopic (exact) mass is 488 g/mol. The molecule has 0 fully saturated rings. The van der Waals surface area contributed by atoms with Crippen molar-refractivity contribution < 1.29 is 14.3 Å². The summed E-state index contributed by atoms with van der Waals surface area (Å²) in [5, 5.41) is 6.01. The number of nitrogens with one attached hydrogen (secondary N) is 2. The molecule has 3 rings (SSSR count). The van der Waals surface area contributed by atoms with E-state index in [4.69, 9.17) is 16.3 Å². The normalized spacial score (nSPS) is 11.0. The molecule has 33 heavy (non-hydrogen) atoms. The Labute approximate surface area is 200 Å². The topological polar surface area (TPSA) is 102 Å². The number of hydrogen-bond acceptors (Lipinski definition) is 6. The lowest BCUT2D eigenvalue weighted by atomic mass is 10.2. The molecule has 174 valence electrons. The van der Waals surface area contributed by atoms with Gasteiger partial charge in [-0.15, -0.1) is 0 Å². The van der Waals surface area contributed by atoms with Crippen LogP contribution in [-0.4, -0.2) is 40.9 Å². The van der Waals surface area contributed by atoms with Crippen LogP contribution in [0.25, 0.3) is 16.6 Å². The number of halogens is 1. The number of aromatic nitrogens is 2. The highest BCUT2D eigenvalue weighted by Gasteiger charge is 2.19. The predicted octanol–water partition coefficient (Wildman–Crippen LogP) is 3.93. The Morgan fingerprint density at radius 2 is 1.97 bits per heavy atom. The molecule has 0 saturated heterocycles. The van der Waals surface area contributed by atoms with Crippen molar-refractivity contribution in [1.29, 1.82) is 0 Å². The summed E-state index contributed by atoms with van der Waals surface area (Å²) in [6, 6.07) is 9.73. The third-order valence-electron chi connectivity index (χ3n) is 4.63. The van der Waals surface area contributed by atoms with E-state index in [1.165, 1.54) is 11.7 Å². The van der Waals surface area contributed by atoms with Gasteiger partial charge in [0.25, 0.3) is 5.56 Å². The van der Waals surface area contributed by atoms with Gasteiger partial charge in [0, 0.05) is 11.6 Å². The van der Waals surface area contributed by atoms with Gasteiger partial charge in [0.2, 0.25) is 5.91 Å². The number of methoxy groups -OCH3 is 1. The van der Waals surface area contributed by atoms with Gasteiger partial charge in [0.05, 0.1) is 29.5 Å². The number of carbonyl (C=O) groups is 2. The fraction of sp³-hybridized carbons (Fsp3) is 0.304. The summed E-state index contributed by atoms with van der Waals surface area (Å²) in [4.78, 5) is 42.3. The van der Waals surface area contributed by atoms with Gasteiger partial charge in [-0.25, -0.2) is 9.78 Å². The Bertz CT molecular complexity index is 1260. The van der Waals surface area contributed by atoms with E-state index >= 15 is 0 Å². The predicted molar refractivity (Wildman–Crippen MR) is 131 cm³/mol. The Kier molecular flexibility index (Phi) is 7.99. The largest absolute Gasteiger partial charge is 0.495 e. The number of urea groups is 1. The van der Waals surface area contributed by atoms with Crippen LogP contribution in [0.2, 0.25) is 5.02 Å². The fourth-order valence-electron chi connectivity index (χ4n) is 3.06. The smallest absolute Gasteiger partial charge is 0.321 e. The molecule has 2 aromatic carbocycles. The van der Waals surface area contributed by atoms with Crippen LogP contribution < -0.4 is 20.9 Å². The number of carbonyl (C=O) groups excluding carboxylic acids is 2. The molecule has 1 aromatic heterocycles. The third-order valence-corrected chi connectivity index (χ3v) is 5.81. The van der Waals surface area contributed by atoms with Gasteiger partial charge in [-0.3, -0.25) is 19.5 Å². The highest BCUT2D eigenvalue weighted by molar-refractivity contribution is 7.99. The number of fused-ring (bicyclic) bond motifs is 1. The summed E-state index contributed by atoms with van der Waals surface area (Å²) in [6.45, 7) is 6.26. The first-order valence-corrected chi connectivity index (χ1v) is 11.6. The van der Waals surface area contributed by atoms with Crippen molar-refractivity contribution >= 4 is 46.2 Å². The van der Waals surface area contributed by atoms with E-state index in [-0.39, 0.29) is 22.4 Å². The number of ether oxygens (including phenoxy) is 1. The minimum absolute atomic E-state index is 0.123. The van der Waals surface area contributed by atoms with E-state index in [0.29, 0.717) is 33.9 Å². The molecule has 0 spiro atoms. The number of aryl methyl sites for hydroxylation is 1. The highest BCUT2D eigenvalue weighted by Crippen LogP contribution is 2.28. The Hall–Kier alpha value is -3.04. The van der Waals surface area contributed by atoms with E-state index in [0.717, 1.165) is 17.3 Å². The number of hydrogen-bond donors (Lipinski definition) is 2. The third kappa shape index (κ3) is 6.06. The van der Waals surface area contributed by atoms with Gasteiger partial charge in [-0.2, -0.15) is 0 Å². The zero-order valence-electron chi connectivity index (χ0n) is 18.8. The molecule has 8 nitrogen and oxygen atoms in total. The van der Waals surface area contributed by atoms with Crippen LogP contribution >= 0.6 is 23.4 Å². The molecule has 0 aliphatic heterocycles. The van der Waals surface area contributed by atoms with E-state index in [1.807, 2.05) is 32.9 Å². The fourth-order valence-corrected chi connectivity index (χ4v) is 4.03. The number of thioether (sulfide) groups is 1. The molecule has 10 heteroatoms. The highest BCUT2D eigenvalue weighted by atomic mass is 35.5. The van der Waals surface area contributed by atoms with Crippen molar-refractivity contribution in [3.63, 3.8) is 0 Å². The molecule has 0 aliphatic rings. The molecule has 1 heterocycles. The summed E-state index contributed by atoms with van der Waals surface area (Å²) in [5.41, 5.74) is 1.51. The lowest BCUT2D eigenvalue weighted by Gasteiger charge is -2.16. The molecule has 2 N–H and O–H groups in total. The first-order valence-electron chi connectivity index (χ1n) is 10.3. The SMILES string of the molecule is COc1ccc(C)cc1-n1c(SCC(=O)NC(=O)NCC(C)C)nc2cc(Cl)ccc2c1=O.